The Kier molecular flexibility index (Phi) is 3.56. The van der Waals surface area contributed by atoms with Crippen molar-refractivity contribution in [3.8, 4) is 0 Å². The maximum Gasteiger partial charge on any atom is 0.249 e. The summed E-state index contributed by atoms with van der Waals surface area (Å²) in [5.74, 6) is 0.00358. The maximum absolute atomic E-state index is 11.7. The fourth-order valence-electron chi connectivity index (χ4n) is 1.85. The van der Waals surface area contributed by atoms with E-state index in [1.165, 1.54) is 0 Å². The molecule has 2 heterocycles. The summed E-state index contributed by atoms with van der Waals surface area (Å²) in [7, 11) is 0. The van der Waals surface area contributed by atoms with Gasteiger partial charge in [0.2, 0.25) is 5.91 Å². The van der Waals surface area contributed by atoms with Crippen molar-refractivity contribution in [2.75, 3.05) is 6.54 Å². The lowest BCUT2D eigenvalue weighted by Gasteiger charge is -2.11. The minimum atomic E-state index is -0.253. The first-order valence-electron chi connectivity index (χ1n) is 5.66. The SMILES string of the molecule is CC1CCC(C(=O)NCCc2cnc[nH]2)O1. The third-order valence-corrected chi connectivity index (χ3v) is 2.77. The van der Waals surface area contributed by atoms with Gasteiger partial charge in [0.25, 0.3) is 0 Å². The van der Waals surface area contributed by atoms with Crippen molar-refractivity contribution >= 4 is 5.91 Å². The van der Waals surface area contributed by atoms with Crippen LogP contribution in [0.2, 0.25) is 0 Å². The summed E-state index contributed by atoms with van der Waals surface area (Å²) in [5, 5.41) is 2.87. The van der Waals surface area contributed by atoms with Crippen molar-refractivity contribution in [3.63, 3.8) is 0 Å². The predicted molar refractivity (Wildman–Crippen MR) is 58.9 cm³/mol. The van der Waals surface area contributed by atoms with Gasteiger partial charge in [-0.15, -0.1) is 0 Å². The van der Waals surface area contributed by atoms with Crippen LogP contribution in [0, 0.1) is 0 Å². The van der Waals surface area contributed by atoms with Crippen molar-refractivity contribution < 1.29 is 9.53 Å². The molecule has 0 bridgehead atoms. The third kappa shape index (κ3) is 2.82. The molecule has 2 unspecified atom stereocenters. The molecule has 0 saturated carbocycles. The number of imidazole rings is 1. The predicted octanol–water partition coefficient (Wildman–Crippen LogP) is 0.636. The molecule has 0 aliphatic carbocycles. The molecule has 1 aliphatic rings. The van der Waals surface area contributed by atoms with Crippen LogP contribution in [-0.4, -0.2) is 34.6 Å². The molecule has 1 saturated heterocycles. The Hall–Kier alpha value is -1.36. The van der Waals surface area contributed by atoms with Gasteiger partial charge in [-0.2, -0.15) is 0 Å². The number of hydrogen-bond acceptors (Lipinski definition) is 3. The Bertz CT molecular complexity index is 337. The first-order chi connectivity index (χ1) is 7.75. The van der Waals surface area contributed by atoms with Crippen LogP contribution in [0.3, 0.4) is 0 Å². The van der Waals surface area contributed by atoms with Crippen molar-refractivity contribution in [2.45, 2.75) is 38.4 Å². The smallest absolute Gasteiger partial charge is 0.249 e. The Morgan fingerprint density at radius 3 is 3.19 bits per heavy atom. The summed E-state index contributed by atoms with van der Waals surface area (Å²) in [5.41, 5.74) is 1.03. The molecule has 2 atom stereocenters. The molecule has 88 valence electrons. The highest BCUT2D eigenvalue weighted by Gasteiger charge is 2.27. The zero-order chi connectivity index (χ0) is 11.4. The Morgan fingerprint density at radius 1 is 1.69 bits per heavy atom. The van der Waals surface area contributed by atoms with E-state index in [4.69, 9.17) is 4.74 Å². The van der Waals surface area contributed by atoms with Crippen molar-refractivity contribution in [1.29, 1.82) is 0 Å². The molecule has 16 heavy (non-hydrogen) atoms. The largest absolute Gasteiger partial charge is 0.365 e. The highest BCUT2D eigenvalue weighted by atomic mass is 16.5. The van der Waals surface area contributed by atoms with Gasteiger partial charge in [0.05, 0.1) is 12.4 Å². The van der Waals surface area contributed by atoms with Gasteiger partial charge in [0.15, 0.2) is 0 Å². The molecule has 0 spiro atoms. The van der Waals surface area contributed by atoms with Gasteiger partial charge in [-0.1, -0.05) is 0 Å². The second-order valence-corrected chi connectivity index (χ2v) is 4.13. The van der Waals surface area contributed by atoms with Crippen LogP contribution in [0.5, 0.6) is 0 Å². The summed E-state index contributed by atoms with van der Waals surface area (Å²) >= 11 is 0. The van der Waals surface area contributed by atoms with E-state index in [1.807, 2.05) is 6.92 Å². The molecule has 5 heteroatoms. The number of aromatic nitrogens is 2. The Labute approximate surface area is 94.6 Å². The average Bonchev–Trinajstić information content (AvgIpc) is 2.89. The number of nitrogens with one attached hydrogen (secondary N) is 2. The van der Waals surface area contributed by atoms with Crippen LogP contribution in [0.15, 0.2) is 12.5 Å². The number of aromatic amines is 1. The first-order valence-corrected chi connectivity index (χ1v) is 5.66. The summed E-state index contributed by atoms with van der Waals surface area (Å²) in [6, 6.07) is 0. The van der Waals surface area contributed by atoms with Gasteiger partial charge in [-0.3, -0.25) is 4.79 Å². The van der Waals surface area contributed by atoms with Crippen molar-refractivity contribution in [2.24, 2.45) is 0 Å². The lowest BCUT2D eigenvalue weighted by Crippen LogP contribution is -2.35. The van der Waals surface area contributed by atoms with Gasteiger partial charge < -0.3 is 15.0 Å². The number of amides is 1. The number of rotatable bonds is 4. The molecular weight excluding hydrogens is 206 g/mol. The number of H-pyrrole nitrogens is 1. The Morgan fingerprint density at radius 2 is 2.56 bits per heavy atom. The monoisotopic (exact) mass is 223 g/mol. The average molecular weight is 223 g/mol. The number of nitrogens with zero attached hydrogens (tertiary/aromatic N) is 1. The van der Waals surface area contributed by atoms with Gasteiger partial charge in [0.1, 0.15) is 6.10 Å². The van der Waals surface area contributed by atoms with Crippen LogP contribution < -0.4 is 5.32 Å². The lowest BCUT2D eigenvalue weighted by atomic mass is 10.2. The molecule has 0 aromatic carbocycles. The van der Waals surface area contributed by atoms with Gasteiger partial charge in [0, 0.05) is 24.9 Å². The third-order valence-electron chi connectivity index (χ3n) is 2.77. The van der Waals surface area contributed by atoms with Gasteiger partial charge >= 0.3 is 0 Å². The minimum absolute atomic E-state index is 0.00358. The first kappa shape index (κ1) is 11.1. The summed E-state index contributed by atoms with van der Waals surface area (Å²) in [6.45, 7) is 2.62. The summed E-state index contributed by atoms with van der Waals surface area (Å²) in [6.07, 6.45) is 5.93. The second kappa shape index (κ2) is 5.12. The summed E-state index contributed by atoms with van der Waals surface area (Å²) < 4.78 is 5.48. The molecule has 0 radical (unpaired) electrons. The van der Waals surface area contributed by atoms with Crippen molar-refractivity contribution in [1.82, 2.24) is 15.3 Å². The normalized spacial score (nSPS) is 24.6. The van der Waals surface area contributed by atoms with Gasteiger partial charge in [-0.25, -0.2) is 4.98 Å². The molecule has 1 fully saturated rings. The zero-order valence-corrected chi connectivity index (χ0v) is 9.40. The van der Waals surface area contributed by atoms with E-state index in [-0.39, 0.29) is 18.1 Å². The molecule has 1 aliphatic heterocycles. The highest BCUT2D eigenvalue weighted by Crippen LogP contribution is 2.18. The number of carbonyl (C=O) groups is 1. The maximum atomic E-state index is 11.7. The number of carbonyl (C=O) groups excluding carboxylic acids is 1. The van der Waals surface area contributed by atoms with E-state index < -0.39 is 0 Å². The quantitative estimate of drug-likeness (QED) is 0.787. The van der Waals surface area contributed by atoms with Crippen LogP contribution >= 0.6 is 0 Å². The Balaban J connectivity index is 1.68. The molecule has 1 aromatic rings. The topological polar surface area (TPSA) is 67.0 Å². The van der Waals surface area contributed by atoms with E-state index >= 15 is 0 Å². The molecule has 1 aromatic heterocycles. The van der Waals surface area contributed by atoms with Crippen molar-refractivity contribution in [3.05, 3.63) is 18.2 Å². The van der Waals surface area contributed by atoms with Crippen LogP contribution in [0.25, 0.3) is 0 Å². The highest BCUT2D eigenvalue weighted by molar-refractivity contribution is 5.80. The van der Waals surface area contributed by atoms with Crippen LogP contribution in [0.1, 0.15) is 25.5 Å². The standard InChI is InChI=1S/C11H17N3O2/c1-8-2-3-10(16-8)11(15)13-5-4-9-6-12-7-14-9/h6-8,10H,2-5H2,1H3,(H,12,14)(H,13,15). The molecule has 1 amide bonds. The van der Waals surface area contributed by atoms with E-state index in [0.29, 0.717) is 6.54 Å². The molecule has 5 nitrogen and oxygen atoms in total. The summed E-state index contributed by atoms with van der Waals surface area (Å²) in [4.78, 5) is 18.6. The number of hydrogen-bond donors (Lipinski definition) is 2. The molecule has 2 rings (SSSR count). The van der Waals surface area contributed by atoms with E-state index in [9.17, 15) is 4.79 Å². The zero-order valence-electron chi connectivity index (χ0n) is 9.40. The molecular formula is C11H17N3O2. The fraction of sp³-hybridized carbons (Fsp3) is 0.636. The van der Waals surface area contributed by atoms with E-state index in [1.54, 1.807) is 12.5 Å². The van der Waals surface area contributed by atoms with Gasteiger partial charge in [-0.05, 0) is 19.8 Å². The van der Waals surface area contributed by atoms with E-state index in [2.05, 4.69) is 15.3 Å². The van der Waals surface area contributed by atoms with Crippen LogP contribution in [-0.2, 0) is 16.0 Å². The fourth-order valence-corrected chi connectivity index (χ4v) is 1.85. The second-order valence-electron chi connectivity index (χ2n) is 4.13. The minimum Gasteiger partial charge on any atom is -0.365 e. The number of ether oxygens (including phenoxy) is 1. The van der Waals surface area contributed by atoms with Crippen LogP contribution in [0.4, 0.5) is 0 Å². The molecule has 2 N–H and O–H groups in total. The lowest BCUT2D eigenvalue weighted by molar-refractivity contribution is -0.131. The van der Waals surface area contributed by atoms with E-state index in [0.717, 1.165) is 25.0 Å².